The fraction of sp³-hybridized carbons (Fsp3) is 0.368. The molecule has 29 heavy (non-hydrogen) atoms. The lowest BCUT2D eigenvalue weighted by atomic mass is 10.2. The van der Waals surface area contributed by atoms with Gasteiger partial charge in [0.05, 0.1) is 17.3 Å². The smallest absolute Gasteiger partial charge is 0.263 e. The number of hydrogen-bond acceptors (Lipinski definition) is 5. The Morgan fingerprint density at radius 2 is 1.72 bits per heavy atom. The minimum Gasteiger partial charge on any atom is -0.492 e. The summed E-state index contributed by atoms with van der Waals surface area (Å²) >= 11 is 6.09. The quantitative estimate of drug-likeness (QED) is 0.683. The Morgan fingerprint density at radius 1 is 1.03 bits per heavy atom. The molecule has 1 N–H and O–H groups in total. The molecule has 0 atom stereocenters. The summed E-state index contributed by atoms with van der Waals surface area (Å²) in [5.74, 6) is 0.190. The van der Waals surface area contributed by atoms with Crippen LogP contribution < -0.4 is 9.46 Å². The number of nitrogens with zero attached hydrogens (tertiary/aromatic N) is 1. The molecule has 0 bridgehead atoms. The first-order valence-corrected chi connectivity index (χ1v) is 12.5. The van der Waals surface area contributed by atoms with Crippen molar-refractivity contribution in [3.8, 4) is 5.75 Å². The van der Waals surface area contributed by atoms with E-state index in [0.29, 0.717) is 13.1 Å². The number of nitrogens with one attached hydrogen (secondary N) is 1. The van der Waals surface area contributed by atoms with Gasteiger partial charge in [-0.05, 0) is 62.6 Å². The first kappa shape index (κ1) is 21.9. The number of aryl methyl sites for hydroxylation is 1. The maximum absolute atomic E-state index is 13.1. The SMILES string of the molecule is CCOc1ccc(NS(=O)(=O)c2ccc(C)cc2Cl)cc1S(=O)(=O)N1CCCC1. The minimum atomic E-state index is -4.00. The van der Waals surface area contributed by atoms with Gasteiger partial charge in [-0.1, -0.05) is 17.7 Å². The highest BCUT2D eigenvalue weighted by Crippen LogP contribution is 2.33. The third-order valence-corrected chi connectivity index (χ3v) is 8.34. The molecule has 0 spiro atoms. The Bertz CT molecular complexity index is 1110. The zero-order valence-corrected chi connectivity index (χ0v) is 18.6. The molecular formula is C19H23ClN2O5S2. The summed E-state index contributed by atoms with van der Waals surface area (Å²) in [6.07, 6.45) is 1.59. The lowest BCUT2D eigenvalue weighted by Crippen LogP contribution is -2.28. The van der Waals surface area contributed by atoms with Crippen molar-refractivity contribution in [1.82, 2.24) is 4.31 Å². The molecule has 0 aliphatic carbocycles. The molecule has 1 aliphatic heterocycles. The molecule has 1 heterocycles. The van der Waals surface area contributed by atoms with Crippen LogP contribution in [0.2, 0.25) is 5.02 Å². The normalized spacial score (nSPS) is 15.4. The second-order valence-corrected chi connectivity index (χ2v) is 10.7. The average molecular weight is 459 g/mol. The molecule has 2 aromatic carbocycles. The van der Waals surface area contributed by atoms with Crippen molar-refractivity contribution in [2.75, 3.05) is 24.4 Å². The van der Waals surface area contributed by atoms with Crippen molar-refractivity contribution >= 4 is 37.3 Å². The molecule has 7 nitrogen and oxygen atoms in total. The van der Waals surface area contributed by atoms with Crippen LogP contribution in [0.4, 0.5) is 5.69 Å². The number of benzene rings is 2. The van der Waals surface area contributed by atoms with Gasteiger partial charge in [0.25, 0.3) is 10.0 Å². The van der Waals surface area contributed by atoms with Crippen molar-refractivity contribution in [1.29, 1.82) is 0 Å². The van der Waals surface area contributed by atoms with Crippen molar-refractivity contribution in [3.63, 3.8) is 0 Å². The second kappa shape index (κ2) is 8.51. The number of anilines is 1. The van der Waals surface area contributed by atoms with E-state index < -0.39 is 20.0 Å². The summed E-state index contributed by atoms with van der Waals surface area (Å²) in [6, 6.07) is 8.82. The Hall–Kier alpha value is -1.81. The third kappa shape index (κ3) is 4.69. The standard InChI is InChI=1S/C19H23ClN2O5S2/c1-3-27-17-8-7-15(13-19(17)29(25,26)22-10-4-5-11-22)21-28(23,24)18-9-6-14(2)12-16(18)20/h6-9,12-13,21H,3-5,10-11H2,1-2H3. The Labute approximate surface area is 176 Å². The number of halogens is 1. The zero-order valence-electron chi connectivity index (χ0n) is 16.2. The van der Waals surface area contributed by atoms with E-state index in [1.165, 1.54) is 28.6 Å². The van der Waals surface area contributed by atoms with Crippen LogP contribution in [-0.2, 0) is 20.0 Å². The fourth-order valence-corrected chi connectivity index (χ4v) is 6.47. The van der Waals surface area contributed by atoms with E-state index in [9.17, 15) is 16.8 Å². The van der Waals surface area contributed by atoms with Crippen LogP contribution in [0.15, 0.2) is 46.2 Å². The molecule has 2 aromatic rings. The van der Waals surface area contributed by atoms with E-state index >= 15 is 0 Å². The number of ether oxygens (including phenoxy) is 1. The highest BCUT2D eigenvalue weighted by atomic mass is 35.5. The van der Waals surface area contributed by atoms with Crippen LogP contribution in [0.25, 0.3) is 0 Å². The summed E-state index contributed by atoms with van der Waals surface area (Å²) in [5.41, 5.74) is 0.942. The lowest BCUT2D eigenvalue weighted by molar-refractivity contribution is 0.330. The molecular weight excluding hydrogens is 436 g/mol. The van der Waals surface area contributed by atoms with Gasteiger partial charge in [0.15, 0.2) is 0 Å². The number of sulfonamides is 2. The van der Waals surface area contributed by atoms with Crippen molar-refractivity contribution in [2.45, 2.75) is 36.5 Å². The van der Waals surface area contributed by atoms with Crippen molar-refractivity contribution in [2.24, 2.45) is 0 Å². The van der Waals surface area contributed by atoms with Gasteiger partial charge in [-0.25, -0.2) is 16.8 Å². The molecule has 3 rings (SSSR count). The molecule has 0 aromatic heterocycles. The molecule has 0 unspecified atom stereocenters. The van der Waals surface area contributed by atoms with E-state index in [1.807, 2.05) is 0 Å². The van der Waals surface area contributed by atoms with Gasteiger partial charge in [-0.15, -0.1) is 0 Å². The first-order valence-electron chi connectivity index (χ1n) is 9.21. The van der Waals surface area contributed by atoms with Crippen LogP contribution in [0, 0.1) is 6.92 Å². The van der Waals surface area contributed by atoms with Crippen LogP contribution in [-0.4, -0.2) is 40.8 Å². The molecule has 1 fully saturated rings. The molecule has 1 saturated heterocycles. The van der Waals surface area contributed by atoms with Crippen LogP contribution in [0.5, 0.6) is 5.75 Å². The van der Waals surface area contributed by atoms with Gasteiger partial charge in [0.2, 0.25) is 10.0 Å². The Balaban J connectivity index is 2.00. The summed E-state index contributed by atoms with van der Waals surface area (Å²) in [5, 5.41) is 0.0911. The van der Waals surface area contributed by atoms with Gasteiger partial charge < -0.3 is 4.74 Å². The summed E-state index contributed by atoms with van der Waals surface area (Å²) in [7, 11) is -7.80. The van der Waals surface area contributed by atoms with Gasteiger partial charge in [-0.2, -0.15) is 4.31 Å². The third-order valence-electron chi connectivity index (χ3n) is 4.56. The summed E-state index contributed by atoms with van der Waals surface area (Å²) in [6.45, 7) is 4.71. The molecule has 158 valence electrons. The second-order valence-electron chi connectivity index (χ2n) is 6.75. The Morgan fingerprint density at radius 3 is 2.34 bits per heavy atom. The number of rotatable bonds is 7. The largest absolute Gasteiger partial charge is 0.492 e. The van der Waals surface area contributed by atoms with Crippen molar-refractivity contribution < 1.29 is 21.6 Å². The Kier molecular flexibility index (Phi) is 6.42. The van der Waals surface area contributed by atoms with Crippen LogP contribution in [0.3, 0.4) is 0 Å². The predicted octanol–water partition coefficient (Wildman–Crippen LogP) is 3.63. The van der Waals surface area contributed by atoms with Crippen molar-refractivity contribution in [3.05, 3.63) is 47.0 Å². The lowest BCUT2D eigenvalue weighted by Gasteiger charge is -2.19. The molecule has 0 radical (unpaired) electrons. The summed E-state index contributed by atoms with van der Waals surface area (Å²) < 4.78 is 61.0. The van der Waals surface area contributed by atoms with E-state index in [-0.39, 0.29) is 32.9 Å². The fourth-order valence-electron chi connectivity index (χ4n) is 3.15. The van der Waals surface area contributed by atoms with Crippen LogP contribution >= 0.6 is 11.6 Å². The van der Waals surface area contributed by atoms with E-state index in [2.05, 4.69) is 4.72 Å². The highest BCUT2D eigenvalue weighted by Gasteiger charge is 2.31. The van der Waals surface area contributed by atoms with Gasteiger partial charge in [0, 0.05) is 13.1 Å². The van der Waals surface area contributed by atoms with E-state index in [1.54, 1.807) is 26.0 Å². The van der Waals surface area contributed by atoms with Gasteiger partial charge in [0.1, 0.15) is 15.5 Å². The average Bonchev–Trinajstić information content (AvgIpc) is 3.18. The molecule has 10 heteroatoms. The van der Waals surface area contributed by atoms with Gasteiger partial charge >= 0.3 is 0 Å². The monoisotopic (exact) mass is 458 g/mol. The number of hydrogen-bond donors (Lipinski definition) is 1. The predicted molar refractivity (Wildman–Crippen MR) is 113 cm³/mol. The van der Waals surface area contributed by atoms with Gasteiger partial charge in [-0.3, -0.25) is 4.72 Å². The molecule has 1 aliphatic rings. The van der Waals surface area contributed by atoms with E-state index in [0.717, 1.165) is 18.4 Å². The van der Waals surface area contributed by atoms with Crippen LogP contribution in [0.1, 0.15) is 25.3 Å². The molecule has 0 amide bonds. The molecule has 0 saturated carbocycles. The zero-order chi connectivity index (χ0) is 21.2. The maximum atomic E-state index is 13.1. The first-order chi connectivity index (χ1) is 13.6. The minimum absolute atomic E-state index is 0.0588. The van der Waals surface area contributed by atoms with E-state index in [4.69, 9.17) is 16.3 Å². The topological polar surface area (TPSA) is 92.8 Å². The highest BCUT2D eigenvalue weighted by molar-refractivity contribution is 7.93. The maximum Gasteiger partial charge on any atom is 0.263 e. The summed E-state index contributed by atoms with van der Waals surface area (Å²) in [4.78, 5) is -0.140.